The van der Waals surface area contributed by atoms with Gasteiger partial charge in [0.05, 0.1) is 11.6 Å². The SMILES string of the molecule is CC(C)n1cnnc1SCC(=O)N1CSCC1C(=O)O. The Morgan fingerprint density at radius 3 is 3.00 bits per heavy atom. The summed E-state index contributed by atoms with van der Waals surface area (Å²) in [7, 11) is 0. The number of thioether (sulfide) groups is 2. The van der Waals surface area contributed by atoms with Gasteiger partial charge in [-0.1, -0.05) is 11.8 Å². The van der Waals surface area contributed by atoms with Crippen molar-refractivity contribution in [3.8, 4) is 0 Å². The first-order valence-corrected chi connectivity index (χ1v) is 8.27. The molecule has 0 radical (unpaired) electrons. The maximum atomic E-state index is 12.1. The van der Waals surface area contributed by atoms with E-state index in [1.807, 2.05) is 18.4 Å². The third kappa shape index (κ3) is 3.26. The molecule has 1 fully saturated rings. The van der Waals surface area contributed by atoms with Crippen molar-refractivity contribution in [3.63, 3.8) is 0 Å². The van der Waals surface area contributed by atoms with Crippen LogP contribution in [0.1, 0.15) is 19.9 Å². The monoisotopic (exact) mass is 316 g/mol. The molecule has 0 aromatic carbocycles. The molecule has 0 aliphatic carbocycles. The minimum atomic E-state index is -0.946. The van der Waals surface area contributed by atoms with E-state index in [2.05, 4.69) is 10.2 Å². The van der Waals surface area contributed by atoms with Crippen molar-refractivity contribution in [3.05, 3.63) is 6.33 Å². The number of nitrogens with zero attached hydrogens (tertiary/aromatic N) is 4. The van der Waals surface area contributed by atoms with Crippen LogP contribution in [-0.4, -0.2) is 60.1 Å². The van der Waals surface area contributed by atoms with Gasteiger partial charge in [-0.3, -0.25) is 4.79 Å². The zero-order valence-corrected chi connectivity index (χ0v) is 12.9. The molecule has 110 valence electrons. The first kappa shape index (κ1) is 15.2. The number of hydrogen-bond donors (Lipinski definition) is 1. The second kappa shape index (κ2) is 6.49. The summed E-state index contributed by atoms with van der Waals surface area (Å²) >= 11 is 2.75. The van der Waals surface area contributed by atoms with E-state index in [4.69, 9.17) is 5.11 Å². The fourth-order valence-electron chi connectivity index (χ4n) is 1.79. The number of aromatic nitrogens is 3. The number of carboxylic acid groups (broad SMARTS) is 1. The highest BCUT2D eigenvalue weighted by molar-refractivity contribution is 8.00. The fraction of sp³-hybridized carbons (Fsp3) is 0.636. The van der Waals surface area contributed by atoms with Gasteiger partial charge in [0, 0.05) is 11.8 Å². The van der Waals surface area contributed by atoms with E-state index < -0.39 is 12.0 Å². The maximum absolute atomic E-state index is 12.1. The lowest BCUT2D eigenvalue weighted by molar-refractivity contribution is -0.146. The highest BCUT2D eigenvalue weighted by atomic mass is 32.2. The molecule has 1 atom stereocenters. The zero-order chi connectivity index (χ0) is 14.7. The molecule has 0 spiro atoms. The molecule has 2 heterocycles. The zero-order valence-electron chi connectivity index (χ0n) is 11.2. The molecule has 0 bridgehead atoms. The van der Waals surface area contributed by atoms with E-state index in [9.17, 15) is 9.59 Å². The summed E-state index contributed by atoms with van der Waals surface area (Å²) in [6.45, 7) is 4.01. The Hall–Kier alpha value is -1.22. The summed E-state index contributed by atoms with van der Waals surface area (Å²) in [6.07, 6.45) is 1.63. The van der Waals surface area contributed by atoms with Crippen LogP contribution in [0, 0.1) is 0 Å². The third-order valence-corrected chi connectivity index (χ3v) is 4.86. The highest BCUT2D eigenvalue weighted by Crippen LogP contribution is 2.24. The molecule has 1 aromatic rings. The van der Waals surface area contributed by atoms with Gasteiger partial charge in [-0.2, -0.15) is 0 Å². The third-order valence-electron chi connectivity index (χ3n) is 2.91. The van der Waals surface area contributed by atoms with Crippen molar-refractivity contribution in [1.29, 1.82) is 0 Å². The maximum Gasteiger partial charge on any atom is 0.327 e. The van der Waals surface area contributed by atoms with Gasteiger partial charge < -0.3 is 14.6 Å². The molecule has 1 saturated heterocycles. The minimum Gasteiger partial charge on any atom is -0.480 e. The Kier molecular flexibility index (Phi) is 4.92. The van der Waals surface area contributed by atoms with Crippen molar-refractivity contribution in [2.45, 2.75) is 31.1 Å². The predicted octanol–water partition coefficient (Wildman–Crippen LogP) is 0.937. The summed E-state index contributed by atoms with van der Waals surface area (Å²) in [6, 6.07) is -0.493. The van der Waals surface area contributed by atoms with E-state index in [1.54, 1.807) is 6.33 Å². The summed E-state index contributed by atoms with van der Waals surface area (Å²) in [5, 5.41) is 17.5. The van der Waals surface area contributed by atoms with Crippen LogP contribution in [0.4, 0.5) is 0 Å². The second-order valence-corrected chi connectivity index (χ2v) is 6.56. The fourth-order valence-corrected chi connectivity index (χ4v) is 3.89. The van der Waals surface area contributed by atoms with Gasteiger partial charge in [-0.05, 0) is 13.8 Å². The average Bonchev–Trinajstić information content (AvgIpc) is 3.04. The number of carboxylic acids is 1. The molecule has 1 N–H and O–H groups in total. The van der Waals surface area contributed by atoms with E-state index in [0.717, 1.165) is 0 Å². The summed E-state index contributed by atoms with van der Waals surface area (Å²) in [5.74, 6) is -0.0546. The Morgan fingerprint density at radius 2 is 2.35 bits per heavy atom. The Balaban J connectivity index is 1.95. The van der Waals surface area contributed by atoms with Crippen LogP contribution < -0.4 is 0 Å². The number of amides is 1. The van der Waals surface area contributed by atoms with E-state index in [-0.39, 0.29) is 17.7 Å². The molecule has 0 saturated carbocycles. The van der Waals surface area contributed by atoms with Crippen LogP contribution in [0.15, 0.2) is 11.5 Å². The van der Waals surface area contributed by atoms with E-state index in [0.29, 0.717) is 16.8 Å². The summed E-state index contributed by atoms with van der Waals surface area (Å²) in [5.41, 5.74) is 0. The number of hydrogen-bond acceptors (Lipinski definition) is 6. The first-order valence-electron chi connectivity index (χ1n) is 6.13. The number of aliphatic carboxylic acids is 1. The quantitative estimate of drug-likeness (QED) is 0.809. The van der Waals surface area contributed by atoms with Crippen LogP contribution in [0.2, 0.25) is 0 Å². The minimum absolute atomic E-state index is 0.175. The lowest BCUT2D eigenvalue weighted by Crippen LogP contribution is -2.42. The molecule has 1 aromatic heterocycles. The van der Waals surface area contributed by atoms with E-state index >= 15 is 0 Å². The second-order valence-electron chi connectivity index (χ2n) is 4.62. The van der Waals surface area contributed by atoms with Crippen LogP contribution >= 0.6 is 23.5 Å². The molecular weight excluding hydrogens is 300 g/mol. The van der Waals surface area contributed by atoms with Crippen LogP contribution in [0.3, 0.4) is 0 Å². The topological polar surface area (TPSA) is 88.3 Å². The molecule has 20 heavy (non-hydrogen) atoms. The summed E-state index contributed by atoms with van der Waals surface area (Å²) in [4.78, 5) is 24.6. The number of rotatable bonds is 5. The molecule has 1 aliphatic heterocycles. The highest BCUT2D eigenvalue weighted by Gasteiger charge is 2.34. The van der Waals surface area contributed by atoms with Gasteiger partial charge in [0.15, 0.2) is 5.16 Å². The number of carbonyl (C=O) groups excluding carboxylic acids is 1. The largest absolute Gasteiger partial charge is 0.480 e. The summed E-state index contributed by atoms with van der Waals surface area (Å²) < 4.78 is 1.88. The average molecular weight is 316 g/mol. The number of carbonyl (C=O) groups is 2. The Labute approximate surface area is 125 Å². The van der Waals surface area contributed by atoms with Gasteiger partial charge in [0.25, 0.3) is 0 Å². The van der Waals surface area contributed by atoms with Gasteiger partial charge in [0.1, 0.15) is 12.4 Å². The van der Waals surface area contributed by atoms with Crippen LogP contribution in [0.5, 0.6) is 0 Å². The van der Waals surface area contributed by atoms with Crippen LogP contribution in [-0.2, 0) is 9.59 Å². The first-order chi connectivity index (χ1) is 9.50. The van der Waals surface area contributed by atoms with Gasteiger partial charge >= 0.3 is 5.97 Å². The predicted molar refractivity (Wildman–Crippen MR) is 76.7 cm³/mol. The molecular formula is C11H16N4O3S2. The van der Waals surface area contributed by atoms with Crippen molar-refractivity contribution < 1.29 is 14.7 Å². The molecule has 1 amide bonds. The molecule has 1 unspecified atom stereocenters. The van der Waals surface area contributed by atoms with Gasteiger partial charge in [0.2, 0.25) is 5.91 Å². The smallest absolute Gasteiger partial charge is 0.327 e. The van der Waals surface area contributed by atoms with Crippen molar-refractivity contribution >= 4 is 35.4 Å². The Morgan fingerprint density at radius 1 is 1.60 bits per heavy atom. The molecule has 2 rings (SSSR count). The lowest BCUT2D eigenvalue weighted by atomic mass is 10.3. The van der Waals surface area contributed by atoms with Gasteiger partial charge in [-0.25, -0.2) is 4.79 Å². The van der Waals surface area contributed by atoms with Crippen molar-refractivity contribution in [1.82, 2.24) is 19.7 Å². The van der Waals surface area contributed by atoms with Crippen LogP contribution in [0.25, 0.3) is 0 Å². The van der Waals surface area contributed by atoms with Gasteiger partial charge in [-0.15, -0.1) is 22.0 Å². The molecule has 1 aliphatic rings. The normalized spacial score (nSPS) is 18.8. The lowest BCUT2D eigenvalue weighted by Gasteiger charge is -2.20. The molecule has 7 nitrogen and oxygen atoms in total. The van der Waals surface area contributed by atoms with E-state index in [1.165, 1.54) is 28.4 Å². The molecule has 9 heteroatoms. The Bertz CT molecular complexity index is 506. The van der Waals surface area contributed by atoms with Crippen molar-refractivity contribution in [2.75, 3.05) is 17.4 Å². The van der Waals surface area contributed by atoms with Crippen molar-refractivity contribution in [2.24, 2.45) is 0 Å². The standard InChI is InChI=1S/C11H16N4O3S2/c1-7(2)14-5-12-13-11(14)20-4-9(16)15-6-19-3-8(15)10(17)18/h5,7-8H,3-4,6H2,1-2H3,(H,17,18).